The van der Waals surface area contributed by atoms with Crippen LogP contribution in [0.15, 0.2) is 70.6 Å². The summed E-state index contributed by atoms with van der Waals surface area (Å²) in [7, 11) is -1.96. The average molecular weight is 552 g/mol. The number of aromatic nitrogens is 1. The molecule has 4 aromatic rings. The first-order chi connectivity index (χ1) is 18.4. The first kappa shape index (κ1) is 26.7. The zero-order chi connectivity index (χ0) is 26.7. The summed E-state index contributed by atoms with van der Waals surface area (Å²) < 4.78 is 36.6. The fourth-order valence-electron chi connectivity index (χ4n) is 5.13. The Balaban J connectivity index is 1.47. The quantitative estimate of drug-likeness (QED) is 0.268. The Morgan fingerprint density at radius 3 is 2.53 bits per heavy atom. The normalized spacial score (nSPS) is 15.6. The molecule has 1 heterocycles. The van der Waals surface area contributed by atoms with Crippen molar-refractivity contribution in [1.82, 2.24) is 8.87 Å². The van der Waals surface area contributed by atoms with Crippen molar-refractivity contribution in [3.05, 3.63) is 71.0 Å². The molecule has 1 fully saturated rings. The van der Waals surface area contributed by atoms with Crippen molar-refractivity contribution in [2.24, 2.45) is 4.99 Å². The second kappa shape index (κ2) is 11.5. The SMILES string of the molecule is CCOCCn1c(=NC(=O)c2ccc(S(=O)(=O)N(C)C3CCCCC3)cc2)sc2c3ccccc3ccc21. The highest BCUT2D eigenvalue weighted by Crippen LogP contribution is 2.28. The smallest absolute Gasteiger partial charge is 0.279 e. The van der Waals surface area contributed by atoms with E-state index in [9.17, 15) is 13.2 Å². The number of ether oxygens (including phenoxy) is 1. The molecule has 1 saturated carbocycles. The van der Waals surface area contributed by atoms with Crippen molar-refractivity contribution in [3.63, 3.8) is 0 Å². The van der Waals surface area contributed by atoms with Crippen LogP contribution in [0.4, 0.5) is 0 Å². The Bertz CT molecular complexity index is 1620. The van der Waals surface area contributed by atoms with Gasteiger partial charge < -0.3 is 9.30 Å². The van der Waals surface area contributed by atoms with Crippen LogP contribution in [0, 0.1) is 0 Å². The van der Waals surface area contributed by atoms with E-state index in [2.05, 4.69) is 29.3 Å². The van der Waals surface area contributed by atoms with E-state index in [1.165, 1.54) is 27.8 Å². The first-order valence-corrected chi connectivity index (χ1v) is 15.4. The van der Waals surface area contributed by atoms with Gasteiger partial charge in [-0.05, 0) is 55.5 Å². The zero-order valence-electron chi connectivity index (χ0n) is 21.8. The van der Waals surface area contributed by atoms with Gasteiger partial charge in [-0.15, -0.1) is 0 Å². The van der Waals surface area contributed by atoms with Gasteiger partial charge in [-0.3, -0.25) is 4.79 Å². The highest BCUT2D eigenvalue weighted by molar-refractivity contribution is 7.89. The fraction of sp³-hybridized carbons (Fsp3) is 0.379. The van der Waals surface area contributed by atoms with E-state index in [0.717, 1.165) is 53.1 Å². The average Bonchev–Trinajstić information content (AvgIpc) is 3.30. The first-order valence-electron chi connectivity index (χ1n) is 13.2. The highest BCUT2D eigenvalue weighted by Gasteiger charge is 2.29. The molecule has 0 unspecified atom stereocenters. The number of fused-ring (bicyclic) bond motifs is 3. The van der Waals surface area contributed by atoms with Crippen LogP contribution >= 0.6 is 11.3 Å². The standard InChI is InChI=1S/C29H33N3O4S2/c1-3-36-20-19-32-26-18-15-21-9-7-8-12-25(21)27(26)37-29(32)30-28(33)22-13-16-24(17-14-22)38(34,35)31(2)23-10-5-4-6-11-23/h7-9,12-18,23H,3-6,10-11,19-20H2,1-2H3. The molecule has 200 valence electrons. The number of amides is 1. The lowest BCUT2D eigenvalue weighted by atomic mass is 9.96. The fourth-order valence-corrected chi connectivity index (χ4v) is 7.73. The van der Waals surface area contributed by atoms with Crippen LogP contribution in [0.1, 0.15) is 49.4 Å². The molecule has 1 aromatic heterocycles. The van der Waals surface area contributed by atoms with Crippen molar-refractivity contribution in [3.8, 4) is 0 Å². The summed E-state index contributed by atoms with van der Waals surface area (Å²) in [6.07, 6.45) is 5.04. The second-order valence-electron chi connectivity index (χ2n) is 9.62. The van der Waals surface area contributed by atoms with Gasteiger partial charge in [0.15, 0.2) is 4.80 Å². The van der Waals surface area contributed by atoms with E-state index in [1.54, 1.807) is 19.2 Å². The minimum Gasteiger partial charge on any atom is -0.380 e. The number of nitrogens with zero attached hydrogens (tertiary/aromatic N) is 3. The molecular weight excluding hydrogens is 518 g/mol. The maximum Gasteiger partial charge on any atom is 0.279 e. The lowest BCUT2D eigenvalue weighted by molar-refractivity contribution is 0.0996. The minimum atomic E-state index is -3.62. The number of hydrogen-bond donors (Lipinski definition) is 0. The van der Waals surface area contributed by atoms with Gasteiger partial charge in [-0.2, -0.15) is 9.30 Å². The molecule has 5 rings (SSSR count). The number of benzene rings is 3. The molecule has 1 aliphatic rings. The third-order valence-corrected chi connectivity index (χ3v) is 10.4. The van der Waals surface area contributed by atoms with Gasteiger partial charge in [-0.1, -0.05) is 60.9 Å². The molecule has 0 saturated heterocycles. The molecule has 1 aliphatic carbocycles. The van der Waals surface area contributed by atoms with Crippen molar-refractivity contribution < 1.29 is 17.9 Å². The Morgan fingerprint density at radius 1 is 1.05 bits per heavy atom. The molecule has 0 aliphatic heterocycles. The Kier molecular flexibility index (Phi) is 8.09. The number of sulfonamides is 1. The van der Waals surface area contributed by atoms with Crippen LogP contribution in [0.2, 0.25) is 0 Å². The van der Waals surface area contributed by atoms with Crippen molar-refractivity contribution in [2.45, 2.75) is 56.5 Å². The lowest BCUT2D eigenvalue weighted by Crippen LogP contribution is -2.38. The summed E-state index contributed by atoms with van der Waals surface area (Å²) in [5.74, 6) is -0.407. The molecule has 9 heteroatoms. The molecule has 0 spiro atoms. The lowest BCUT2D eigenvalue weighted by Gasteiger charge is -2.30. The van der Waals surface area contributed by atoms with Crippen LogP contribution in [0.5, 0.6) is 0 Å². The monoisotopic (exact) mass is 551 g/mol. The summed E-state index contributed by atoms with van der Waals surface area (Å²) in [4.78, 5) is 18.5. The zero-order valence-corrected chi connectivity index (χ0v) is 23.4. The summed E-state index contributed by atoms with van der Waals surface area (Å²) >= 11 is 1.48. The minimum absolute atomic E-state index is 0.0289. The van der Waals surface area contributed by atoms with E-state index >= 15 is 0 Å². The third kappa shape index (κ3) is 5.33. The topological polar surface area (TPSA) is 81.0 Å². The number of thiazole rings is 1. The van der Waals surface area contributed by atoms with Crippen molar-refractivity contribution >= 4 is 48.3 Å². The van der Waals surface area contributed by atoms with Gasteiger partial charge in [-0.25, -0.2) is 8.42 Å². The molecule has 3 aromatic carbocycles. The number of carbonyl (C=O) groups is 1. The van der Waals surface area contributed by atoms with Gasteiger partial charge >= 0.3 is 0 Å². The van der Waals surface area contributed by atoms with Crippen LogP contribution in [0.25, 0.3) is 21.0 Å². The maximum atomic E-state index is 13.2. The number of carbonyl (C=O) groups excluding carboxylic acids is 1. The van der Waals surface area contributed by atoms with Crippen LogP contribution in [-0.2, 0) is 21.3 Å². The Morgan fingerprint density at radius 2 is 1.79 bits per heavy atom. The Labute approximate surface area is 227 Å². The van der Waals surface area contributed by atoms with Gasteiger partial charge in [0, 0.05) is 37.2 Å². The third-order valence-electron chi connectivity index (χ3n) is 7.30. The molecule has 38 heavy (non-hydrogen) atoms. The summed E-state index contributed by atoms with van der Waals surface area (Å²) in [5.41, 5.74) is 1.36. The molecule has 0 N–H and O–H groups in total. The van der Waals surface area contributed by atoms with Gasteiger partial charge in [0.25, 0.3) is 5.91 Å². The van der Waals surface area contributed by atoms with E-state index < -0.39 is 15.9 Å². The molecule has 1 amide bonds. The van der Waals surface area contributed by atoms with E-state index in [1.807, 2.05) is 23.6 Å². The van der Waals surface area contributed by atoms with Gasteiger partial charge in [0.1, 0.15) is 0 Å². The summed E-state index contributed by atoms with van der Waals surface area (Å²) in [6.45, 7) is 3.65. The molecule has 0 bridgehead atoms. The van der Waals surface area contributed by atoms with Crippen LogP contribution in [0.3, 0.4) is 0 Å². The molecule has 0 radical (unpaired) electrons. The van der Waals surface area contributed by atoms with Gasteiger partial charge in [0.05, 0.1) is 21.7 Å². The highest BCUT2D eigenvalue weighted by atomic mass is 32.2. The molecular formula is C29H33N3O4S2. The van der Waals surface area contributed by atoms with E-state index in [4.69, 9.17) is 4.74 Å². The number of hydrogen-bond acceptors (Lipinski definition) is 5. The second-order valence-corrected chi connectivity index (χ2v) is 12.6. The largest absolute Gasteiger partial charge is 0.380 e. The van der Waals surface area contributed by atoms with Crippen LogP contribution < -0.4 is 4.80 Å². The summed E-state index contributed by atoms with van der Waals surface area (Å²) in [6, 6.07) is 18.5. The maximum absolute atomic E-state index is 13.2. The molecule has 7 nitrogen and oxygen atoms in total. The predicted octanol–water partition coefficient (Wildman–Crippen LogP) is 5.59. The van der Waals surface area contributed by atoms with Crippen molar-refractivity contribution in [1.29, 1.82) is 0 Å². The van der Waals surface area contributed by atoms with E-state index in [0.29, 0.717) is 30.1 Å². The predicted molar refractivity (Wildman–Crippen MR) is 152 cm³/mol. The molecule has 0 atom stereocenters. The van der Waals surface area contributed by atoms with Gasteiger partial charge in [0.2, 0.25) is 10.0 Å². The van der Waals surface area contributed by atoms with Crippen LogP contribution in [-0.4, -0.2) is 49.5 Å². The summed E-state index contributed by atoms with van der Waals surface area (Å²) in [5, 5.41) is 2.25. The number of rotatable bonds is 8. The van der Waals surface area contributed by atoms with E-state index in [-0.39, 0.29) is 10.9 Å². The Hall–Kier alpha value is -2.85. The van der Waals surface area contributed by atoms with Crippen molar-refractivity contribution in [2.75, 3.05) is 20.3 Å².